The first-order valence-corrected chi connectivity index (χ1v) is 15.3. The Morgan fingerprint density at radius 3 is 2.57 bits per heavy atom. The average molecular weight is 694 g/mol. The van der Waals surface area contributed by atoms with Crippen LogP contribution in [0.25, 0.3) is 11.2 Å². The van der Waals surface area contributed by atoms with Gasteiger partial charge in [0, 0.05) is 19.2 Å². The molecule has 2 aliphatic rings. The van der Waals surface area contributed by atoms with E-state index in [0.29, 0.717) is 18.6 Å². The van der Waals surface area contributed by atoms with E-state index in [0.717, 1.165) is 6.42 Å². The van der Waals surface area contributed by atoms with E-state index >= 15 is 0 Å². The van der Waals surface area contributed by atoms with Crippen molar-refractivity contribution in [1.82, 2.24) is 25.6 Å². The van der Waals surface area contributed by atoms with Crippen LogP contribution in [0.2, 0.25) is 10.0 Å². The fourth-order valence-corrected chi connectivity index (χ4v) is 6.05. The molecule has 2 fully saturated rings. The lowest BCUT2D eigenvalue weighted by Gasteiger charge is -2.30. The first-order valence-electron chi connectivity index (χ1n) is 14.6. The van der Waals surface area contributed by atoms with Gasteiger partial charge in [-0.15, -0.1) is 0 Å². The number of aromatic nitrogens is 3. The van der Waals surface area contributed by atoms with Crippen LogP contribution in [0.4, 0.5) is 33.6 Å². The van der Waals surface area contributed by atoms with Crippen LogP contribution in [0.1, 0.15) is 61.4 Å². The third-order valence-corrected chi connectivity index (χ3v) is 8.85. The van der Waals surface area contributed by atoms with Gasteiger partial charge in [0.25, 0.3) is 18.2 Å². The molecule has 1 unspecified atom stereocenters. The number of amides is 2. The summed E-state index contributed by atoms with van der Waals surface area (Å²) in [5, 5.41) is 8.88. The molecule has 0 spiro atoms. The van der Waals surface area contributed by atoms with E-state index in [1.165, 1.54) is 6.07 Å². The molecular formula is C29H31Cl2F5N6O4. The summed E-state index contributed by atoms with van der Waals surface area (Å²) in [4.78, 5) is 37.2. The van der Waals surface area contributed by atoms with Crippen molar-refractivity contribution in [3.63, 3.8) is 0 Å². The number of hydrogen-bond acceptors (Lipinski definition) is 7. The van der Waals surface area contributed by atoms with Gasteiger partial charge >= 0.3 is 6.18 Å². The summed E-state index contributed by atoms with van der Waals surface area (Å²) in [7, 11) is 0. The predicted octanol–water partition coefficient (Wildman–Crippen LogP) is 6.69. The zero-order valence-corrected chi connectivity index (χ0v) is 26.0. The number of H-pyrrole nitrogens is 1. The lowest BCUT2D eigenvalue weighted by Crippen LogP contribution is -2.43. The van der Waals surface area contributed by atoms with E-state index in [9.17, 15) is 31.5 Å². The second kappa shape index (κ2) is 13.7. The number of hydrogen-bond donors (Lipinski definition) is 4. The molecule has 3 aromatic rings. The molecule has 4 N–H and O–H groups in total. The number of benzene rings is 1. The van der Waals surface area contributed by atoms with Crippen LogP contribution in [0.3, 0.4) is 0 Å². The Morgan fingerprint density at radius 1 is 1.17 bits per heavy atom. The van der Waals surface area contributed by atoms with Gasteiger partial charge in [0.1, 0.15) is 11.2 Å². The quantitative estimate of drug-likeness (QED) is 0.174. The lowest BCUT2D eigenvalue weighted by atomic mass is 9.85. The maximum atomic E-state index is 13.2. The Bertz CT molecular complexity index is 1590. The summed E-state index contributed by atoms with van der Waals surface area (Å²) in [6.07, 6.45) is -5.85. The Kier molecular flexibility index (Phi) is 10.1. The number of rotatable bonds is 10. The number of nitrogens with zero attached hydrogens (tertiary/aromatic N) is 2. The van der Waals surface area contributed by atoms with E-state index in [-0.39, 0.29) is 76.5 Å². The Balaban J connectivity index is 1.34. The molecule has 1 aliphatic carbocycles. The van der Waals surface area contributed by atoms with Gasteiger partial charge < -0.3 is 30.4 Å². The zero-order valence-electron chi connectivity index (χ0n) is 24.5. The summed E-state index contributed by atoms with van der Waals surface area (Å²) in [6, 6.07) is 3.99. The van der Waals surface area contributed by atoms with Crippen molar-refractivity contribution in [3.8, 4) is 5.88 Å². The normalized spacial score (nSPS) is 21.8. The van der Waals surface area contributed by atoms with Gasteiger partial charge in [-0.3, -0.25) is 9.59 Å². The first kappa shape index (κ1) is 33.9. The van der Waals surface area contributed by atoms with Crippen molar-refractivity contribution in [2.75, 3.05) is 18.5 Å². The number of anilines is 2. The Labute approximate surface area is 270 Å². The minimum Gasteiger partial charge on any atom is -0.471 e. The Morgan fingerprint density at radius 2 is 1.91 bits per heavy atom. The highest BCUT2D eigenvalue weighted by Gasteiger charge is 2.42. The average Bonchev–Trinajstić information content (AvgIpc) is 3.63. The summed E-state index contributed by atoms with van der Waals surface area (Å²) >= 11 is 13.0. The molecule has 17 heteroatoms. The van der Waals surface area contributed by atoms with Crippen LogP contribution in [0, 0.1) is 5.92 Å². The Hall–Kier alpha value is -3.43. The molecule has 2 aromatic heterocycles. The molecule has 3 heterocycles. The van der Waals surface area contributed by atoms with Gasteiger partial charge in [-0.05, 0) is 63.1 Å². The summed E-state index contributed by atoms with van der Waals surface area (Å²) in [5.74, 6) is -2.78. The molecule has 1 atom stereocenters. The number of nitrogens with one attached hydrogen (secondary N) is 4. The van der Waals surface area contributed by atoms with Crippen LogP contribution in [-0.4, -0.2) is 64.2 Å². The number of alkyl halides is 5. The summed E-state index contributed by atoms with van der Waals surface area (Å²) in [6.45, 7) is 1.27. The van der Waals surface area contributed by atoms with Gasteiger partial charge in [0.2, 0.25) is 11.8 Å². The number of imidazole rings is 1. The van der Waals surface area contributed by atoms with Gasteiger partial charge in [0.15, 0.2) is 12.3 Å². The highest BCUT2D eigenvalue weighted by atomic mass is 35.5. The highest BCUT2D eigenvalue weighted by molar-refractivity contribution is 6.39. The predicted molar refractivity (Wildman–Crippen MR) is 160 cm³/mol. The number of fused-ring (bicyclic) bond motifs is 1. The van der Waals surface area contributed by atoms with Crippen LogP contribution >= 0.6 is 23.2 Å². The van der Waals surface area contributed by atoms with Crippen LogP contribution in [0.5, 0.6) is 5.88 Å². The van der Waals surface area contributed by atoms with Crippen molar-refractivity contribution in [2.24, 2.45) is 5.92 Å². The maximum Gasteiger partial charge on any atom is 0.391 e. The second-order valence-corrected chi connectivity index (χ2v) is 12.2. The highest BCUT2D eigenvalue weighted by Crippen LogP contribution is 2.38. The minimum absolute atomic E-state index is 0.00877. The van der Waals surface area contributed by atoms with Crippen LogP contribution < -0.4 is 20.7 Å². The third kappa shape index (κ3) is 7.74. The molecule has 46 heavy (non-hydrogen) atoms. The van der Waals surface area contributed by atoms with Crippen LogP contribution in [-0.2, 0) is 16.1 Å². The maximum absolute atomic E-state index is 13.2. The molecule has 0 bridgehead atoms. The van der Waals surface area contributed by atoms with Crippen molar-refractivity contribution in [3.05, 3.63) is 39.4 Å². The zero-order chi connectivity index (χ0) is 33.2. The number of carbonyl (C=O) groups excluding carboxylic acids is 2. The SMILES string of the molecule is CC1(C(=O)NCc2ccc(Cl)c(Nc3nc4nc(OCC(F)F)c(C(=O)NC5CCC(C(F)(F)F)CC5)cc4[nH]3)c2Cl)CCCO1. The summed E-state index contributed by atoms with van der Waals surface area (Å²) in [5.41, 5.74) is -0.0906. The monoisotopic (exact) mass is 692 g/mol. The molecule has 1 saturated heterocycles. The number of ether oxygens (including phenoxy) is 2. The number of halogens is 7. The van der Waals surface area contributed by atoms with Gasteiger partial charge in [-0.25, -0.2) is 8.78 Å². The van der Waals surface area contributed by atoms with E-state index in [4.69, 9.17) is 32.7 Å². The van der Waals surface area contributed by atoms with E-state index in [1.807, 2.05) is 0 Å². The largest absolute Gasteiger partial charge is 0.471 e. The van der Waals surface area contributed by atoms with Gasteiger partial charge in [0.05, 0.1) is 27.2 Å². The molecule has 1 saturated carbocycles. The number of aromatic amines is 1. The third-order valence-electron chi connectivity index (χ3n) is 8.11. The standard InChI is InChI=1S/C29H31Cl2F5N6O4/c1-28(9-2-10-46-28)26(44)37-12-14-3-8-18(30)22(21(14)31)40-27-39-19-11-17(25(41-23(19)42-27)45-13-20(32)33)24(43)38-16-6-4-15(5-7-16)29(34,35)36/h3,8,11,15-16,20H,2,4-7,9-10,12-13H2,1H3,(H,37,44)(H,38,43)(H2,39,40,41,42). The van der Waals surface area contributed by atoms with Crippen LogP contribution in [0.15, 0.2) is 18.2 Å². The van der Waals surface area contributed by atoms with Gasteiger partial charge in [-0.2, -0.15) is 23.1 Å². The van der Waals surface area contributed by atoms with Crippen molar-refractivity contribution in [2.45, 2.75) is 76.2 Å². The van der Waals surface area contributed by atoms with E-state index in [1.54, 1.807) is 19.1 Å². The van der Waals surface area contributed by atoms with E-state index in [2.05, 4.69) is 30.9 Å². The molecule has 1 aliphatic heterocycles. The van der Waals surface area contributed by atoms with Crippen molar-refractivity contribution in [1.29, 1.82) is 0 Å². The smallest absolute Gasteiger partial charge is 0.391 e. The molecule has 2 amide bonds. The summed E-state index contributed by atoms with van der Waals surface area (Å²) < 4.78 is 75.9. The second-order valence-electron chi connectivity index (χ2n) is 11.4. The fourth-order valence-electron chi connectivity index (χ4n) is 5.51. The number of carbonyl (C=O) groups is 2. The molecule has 250 valence electrons. The molecule has 10 nitrogen and oxygen atoms in total. The van der Waals surface area contributed by atoms with Gasteiger partial charge in [-0.1, -0.05) is 29.3 Å². The van der Waals surface area contributed by atoms with Crippen molar-refractivity contribution >= 4 is 57.8 Å². The van der Waals surface area contributed by atoms with Crippen molar-refractivity contribution < 1.29 is 41.0 Å². The topological polar surface area (TPSA) is 130 Å². The number of pyridine rings is 1. The molecular weight excluding hydrogens is 662 g/mol. The van der Waals surface area contributed by atoms with E-state index < -0.39 is 48.6 Å². The minimum atomic E-state index is -4.30. The molecule has 0 radical (unpaired) electrons. The fraction of sp³-hybridized carbons (Fsp3) is 0.517. The molecule has 5 rings (SSSR count). The lowest BCUT2D eigenvalue weighted by molar-refractivity contribution is -0.182. The first-order chi connectivity index (χ1) is 21.7. The molecule has 1 aromatic carbocycles.